The number of aliphatic hydroxyl groups is 1. The third-order valence-electron chi connectivity index (χ3n) is 19.4. The Hall–Kier alpha value is -2.46. The largest absolute Gasteiger partial charge is 0.472 e. The molecule has 0 aromatic rings. The Morgan fingerprint density at radius 1 is 0.320 bits per heavy atom. The highest BCUT2D eigenvalue weighted by Crippen LogP contribution is 2.45. The van der Waals surface area contributed by atoms with E-state index in [4.69, 9.17) is 37.0 Å². The number of phosphoric ester groups is 2. The van der Waals surface area contributed by atoms with E-state index in [1.165, 1.54) is 199 Å². The molecule has 0 amide bonds. The maximum absolute atomic E-state index is 13.1. The minimum Gasteiger partial charge on any atom is -0.462 e. The van der Waals surface area contributed by atoms with E-state index in [9.17, 15) is 43.2 Å². The van der Waals surface area contributed by atoms with Crippen LogP contribution in [0.1, 0.15) is 414 Å². The summed E-state index contributed by atoms with van der Waals surface area (Å²) in [5.41, 5.74) is 0. The van der Waals surface area contributed by atoms with Crippen LogP contribution in [0.4, 0.5) is 0 Å². The van der Waals surface area contributed by atoms with Crippen LogP contribution in [0.5, 0.6) is 0 Å². The van der Waals surface area contributed by atoms with Gasteiger partial charge >= 0.3 is 39.5 Å². The predicted molar refractivity (Wildman–Crippen MR) is 423 cm³/mol. The molecule has 0 radical (unpaired) electrons. The first-order valence-corrected chi connectivity index (χ1v) is 45.7. The molecule has 0 rings (SSSR count). The van der Waals surface area contributed by atoms with Crippen LogP contribution in [0.15, 0.2) is 24.3 Å². The molecule has 0 spiro atoms. The summed E-state index contributed by atoms with van der Waals surface area (Å²) in [4.78, 5) is 73.1. The van der Waals surface area contributed by atoms with E-state index < -0.39 is 97.5 Å². The number of carbonyl (C=O) groups excluding carboxylic acids is 4. The first-order valence-electron chi connectivity index (χ1n) is 42.7. The van der Waals surface area contributed by atoms with Gasteiger partial charge in [-0.25, -0.2) is 9.13 Å². The fraction of sp³-hybridized carbons (Fsp3) is 0.905. The Bertz CT molecular complexity index is 2090. The molecule has 4 unspecified atom stereocenters. The van der Waals surface area contributed by atoms with Crippen molar-refractivity contribution in [3.8, 4) is 0 Å². The van der Waals surface area contributed by atoms with Crippen LogP contribution in [0.2, 0.25) is 0 Å². The van der Waals surface area contributed by atoms with Gasteiger partial charge in [0, 0.05) is 25.7 Å². The summed E-state index contributed by atoms with van der Waals surface area (Å²) < 4.78 is 68.7. The van der Waals surface area contributed by atoms with Gasteiger partial charge in [-0.1, -0.05) is 362 Å². The minimum atomic E-state index is -4.97. The smallest absolute Gasteiger partial charge is 0.462 e. The van der Waals surface area contributed by atoms with Crippen molar-refractivity contribution in [2.45, 2.75) is 433 Å². The molecule has 0 aliphatic rings. The molecule has 0 aromatic heterocycles. The van der Waals surface area contributed by atoms with E-state index in [0.717, 1.165) is 127 Å². The quantitative estimate of drug-likeness (QED) is 0.0169. The lowest BCUT2D eigenvalue weighted by Gasteiger charge is -2.21. The van der Waals surface area contributed by atoms with E-state index in [1.807, 2.05) is 0 Å². The summed E-state index contributed by atoms with van der Waals surface area (Å²) in [5, 5.41) is 10.7. The lowest BCUT2D eigenvalue weighted by Crippen LogP contribution is -2.30. The fourth-order valence-electron chi connectivity index (χ4n) is 12.4. The van der Waals surface area contributed by atoms with Gasteiger partial charge in [-0.3, -0.25) is 37.3 Å². The van der Waals surface area contributed by atoms with Crippen LogP contribution in [0, 0.1) is 17.8 Å². The van der Waals surface area contributed by atoms with Crippen LogP contribution in [-0.2, 0) is 65.4 Å². The average molecular weight is 1500 g/mol. The number of unbranched alkanes of at least 4 members (excludes halogenated alkanes) is 44. The third kappa shape index (κ3) is 76.1. The third-order valence-corrected chi connectivity index (χ3v) is 21.3. The lowest BCUT2D eigenvalue weighted by atomic mass is 9.99. The number of ether oxygens (including phenoxy) is 4. The molecular weight excluding hydrogens is 1340 g/mol. The minimum absolute atomic E-state index is 0.101. The first kappa shape index (κ1) is 101. The lowest BCUT2D eigenvalue weighted by molar-refractivity contribution is -0.161. The van der Waals surface area contributed by atoms with Crippen molar-refractivity contribution in [2.24, 2.45) is 17.8 Å². The van der Waals surface area contributed by atoms with Crippen LogP contribution in [0.3, 0.4) is 0 Å². The van der Waals surface area contributed by atoms with E-state index in [1.54, 1.807) is 0 Å². The maximum Gasteiger partial charge on any atom is 0.472 e. The normalized spacial score (nSPS) is 14.3. The number of esters is 4. The van der Waals surface area contributed by atoms with Gasteiger partial charge in [0.25, 0.3) is 0 Å². The Labute approximate surface area is 631 Å². The highest BCUT2D eigenvalue weighted by molar-refractivity contribution is 7.47. The van der Waals surface area contributed by atoms with E-state index in [2.05, 4.69) is 72.8 Å². The highest BCUT2D eigenvalue weighted by atomic mass is 31.2. The summed E-state index contributed by atoms with van der Waals surface area (Å²) >= 11 is 0. The summed E-state index contributed by atoms with van der Waals surface area (Å²) in [6.45, 7) is 11.9. The van der Waals surface area contributed by atoms with Crippen LogP contribution in [0.25, 0.3) is 0 Å². The Balaban J connectivity index is 5.25. The molecule has 103 heavy (non-hydrogen) atoms. The molecule has 17 nitrogen and oxygen atoms in total. The molecule has 19 heteroatoms. The van der Waals surface area contributed by atoms with Gasteiger partial charge in [0.2, 0.25) is 0 Å². The molecule has 0 saturated heterocycles. The Morgan fingerprint density at radius 2 is 0.573 bits per heavy atom. The molecule has 0 fully saturated rings. The topological polar surface area (TPSA) is 237 Å². The molecule has 0 bridgehead atoms. The van der Waals surface area contributed by atoms with Crippen molar-refractivity contribution >= 4 is 39.5 Å². The number of hydrogen-bond acceptors (Lipinski definition) is 15. The van der Waals surface area contributed by atoms with Crippen molar-refractivity contribution in [1.29, 1.82) is 0 Å². The second kappa shape index (κ2) is 73.7. The number of allylic oxidation sites excluding steroid dienone is 4. The second-order valence-electron chi connectivity index (χ2n) is 30.7. The van der Waals surface area contributed by atoms with Gasteiger partial charge in [-0.15, -0.1) is 0 Å². The number of carbonyl (C=O) groups is 4. The molecular formula is C84H160O17P2. The number of phosphoric acid groups is 2. The molecule has 3 N–H and O–H groups in total. The Kier molecular flexibility index (Phi) is 71.9. The van der Waals surface area contributed by atoms with Crippen molar-refractivity contribution in [3.05, 3.63) is 24.3 Å². The van der Waals surface area contributed by atoms with Crippen LogP contribution >= 0.6 is 15.6 Å². The van der Waals surface area contributed by atoms with Crippen molar-refractivity contribution < 1.29 is 80.2 Å². The van der Waals surface area contributed by atoms with Gasteiger partial charge in [-0.2, -0.15) is 0 Å². The summed E-state index contributed by atoms with van der Waals surface area (Å²) in [5.74, 6) is 0.219. The van der Waals surface area contributed by atoms with E-state index in [0.29, 0.717) is 31.6 Å². The number of hydrogen-bond donors (Lipinski definition) is 3. The van der Waals surface area contributed by atoms with Crippen molar-refractivity contribution in [2.75, 3.05) is 39.6 Å². The molecule has 608 valence electrons. The average Bonchev–Trinajstić information content (AvgIpc) is 0.919. The van der Waals surface area contributed by atoms with Gasteiger partial charge in [-0.05, 0) is 69.1 Å². The molecule has 0 saturated carbocycles. The van der Waals surface area contributed by atoms with Gasteiger partial charge in [0.05, 0.1) is 26.4 Å². The first-order chi connectivity index (χ1) is 49.8. The van der Waals surface area contributed by atoms with Crippen molar-refractivity contribution in [3.63, 3.8) is 0 Å². The monoisotopic (exact) mass is 1500 g/mol. The molecule has 0 aromatic carbocycles. The fourth-order valence-corrected chi connectivity index (χ4v) is 14.0. The molecule has 6 atom stereocenters. The summed E-state index contributed by atoms with van der Waals surface area (Å²) in [7, 11) is -9.94. The number of rotatable bonds is 80. The molecule has 0 aliphatic heterocycles. The highest BCUT2D eigenvalue weighted by Gasteiger charge is 2.30. The SMILES string of the molecule is CCCCCC/C=C\C=C/CCCCCCCC(=O)OC[C@H](COP(=O)(O)OCC(O)COP(=O)(O)OC[C@@H](COC(=O)CCCCCCCCCC(C)C)OC(=O)CCCCCCCCCCCCCCCC(C)C)OC(=O)CCCCCCCCCCCCCCCCCCCCC(C)CC. The summed E-state index contributed by atoms with van der Waals surface area (Å²) in [6.07, 6.45) is 66.1. The number of aliphatic hydroxyl groups excluding tert-OH is 1. The van der Waals surface area contributed by atoms with Crippen molar-refractivity contribution in [1.82, 2.24) is 0 Å². The van der Waals surface area contributed by atoms with Gasteiger partial charge in [0.15, 0.2) is 12.2 Å². The van der Waals surface area contributed by atoms with E-state index in [-0.39, 0.29) is 25.7 Å². The van der Waals surface area contributed by atoms with Gasteiger partial charge < -0.3 is 33.8 Å². The molecule has 0 aliphatic carbocycles. The summed E-state index contributed by atoms with van der Waals surface area (Å²) in [6, 6.07) is 0. The zero-order chi connectivity index (χ0) is 75.8. The maximum atomic E-state index is 13.1. The standard InChI is InChI=1S/C84H160O17P2/c1-8-10-11-12-13-14-15-16-21-27-32-37-44-51-58-65-81(86)94-71-79(100-83(88)67-60-53-45-38-33-28-23-20-18-17-19-22-26-31-36-43-50-57-64-77(7)9-2)73-98-102(90,91)96-69-78(85)70-97-103(92,93)99-74-80(72-95-82(87)66-59-52-47-40-42-49-56-63-76(5)6)101-84(89)68-61-54-46-39-34-29-24-25-30-35-41-48-55-62-75(3)4/h14-16,21,75-80,85H,8-13,17-20,22-74H2,1-7H3,(H,90,91)(H,92,93)/b15-14-,21-16-/t77?,78?,79-,80-/m1/s1. The van der Waals surface area contributed by atoms with E-state index >= 15 is 0 Å². The predicted octanol–water partition coefficient (Wildman–Crippen LogP) is 24.9. The Morgan fingerprint density at radius 3 is 0.864 bits per heavy atom. The van der Waals surface area contributed by atoms with Crippen LogP contribution in [-0.4, -0.2) is 96.7 Å². The van der Waals surface area contributed by atoms with Gasteiger partial charge in [0.1, 0.15) is 19.3 Å². The zero-order valence-corrected chi connectivity index (χ0v) is 69.1. The molecule has 0 heterocycles. The van der Waals surface area contributed by atoms with Crippen LogP contribution < -0.4 is 0 Å². The second-order valence-corrected chi connectivity index (χ2v) is 33.6. The zero-order valence-electron chi connectivity index (χ0n) is 67.3.